The second-order valence-electron chi connectivity index (χ2n) is 5.08. The van der Waals surface area contributed by atoms with Crippen LogP contribution in [0.1, 0.15) is 16.7 Å². The molecule has 0 unspecified atom stereocenters. The van der Waals surface area contributed by atoms with E-state index in [0.717, 1.165) is 16.9 Å². The zero-order chi connectivity index (χ0) is 15.8. The molecule has 0 aliphatic heterocycles. The van der Waals surface area contributed by atoms with Gasteiger partial charge in [-0.1, -0.05) is 42.5 Å². The quantitative estimate of drug-likeness (QED) is 0.654. The van der Waals surface area contributed by atoms with Gasteiger partial charge in [-0.2, -0.15) is 0 Å². The molecule has 0 fully saturated rings. The summed E-state index contributed by atoms with van der Waals surface area (Å²) in [4.78, 5) is 11.7. The van der Waals surface area contributed by atoms with Crippen molar-refractivity contribution >= 4 is 12.0 Å². The summed E-state index contributed by atoms with van der Waals surface area (Å²) < 4.78 is 5.69. The summed E-state index contributed by atoms with van der Waals surface area (Å²) in [5, 5.41) is 2.81. The first-order chi connectivity index (χ1) is 10.7. The van der Waals surface area contributed by atoms with Crippen molar-refractivity contribution in [2.24, 2.45) is 0 Å². The lowest BCUT2D eigenvalue weighted by atomic mass is 10.1. The summed E-state index contributed by atoms with van der Waals surface area (Å²) in [6.07, 6.45) is 3.33. The molecule has 0 aromatic heterocycles. The molecule has 1 N–H and O–H groups in total. The van der Waals surface area contributed by atoms with Crippen LogP contribution in [-0.2, 0) is 4.79 Å². The van der Waals surface area contributed by atoms with Gasteiger partial charge in [-0.05, 0) is 42.7 Å². The lowest BCUT2D eigenvalue weighted by molar-refractivity contribution is -0.116. The zero-order valence-corrected chi connectivity index (χ0v) is 13.0. The van der Waals surface area contributed by atoms with Gasteiger partial charge in [0.15, 0.2) is 0 Å². The second kappa shape index (κ2) is 8.03. The maximum atomic E-state index is 11.7. The number of amides is 1. The number of benzene rings is 2. The fourth-order valence-corrected chi connectivity index (χ4v) is 2.01. The van der Waals surface area contributed by atoms with Gasteiger partial charge in [0, 0.05) is 6.08 Å². The van der Waals surface area contributed by atoms with Gasteiger partial charge >= 0.3 is 0 Å². The average Bonchev–Trinajstić information content (AvgIpc) is 2.54. The van der Waals surface area contributed by atoms with E-state index in [1.807, 2.05) is 49.4 Å². The number of hydrogen-bond acceptors (Lipinski definition) is 2. The van der Waals surface area contributed by atoms with E-state index >= 15 is 0 Å². The summed E-state index contributed by atoms with van der Waals surface area (Å²) in [7, 11) is 0. The first-order valence-electron chi connectivity index (χ1n) is 7.37. The van der Waals surface area contributed by atoms with Gasteiger partial charge in [0.25, 0.3) is 0 Å². The third-order valence-electron chi connectivity index (χ3n) is 3.44. The summed E-state index contributed by atoms with van der Waals surface area (Å²) >= 11 is 0. The molecule has 3 nitrogen and oxygen atoms in total. The highest BCUT2D eigenvalue weighted by Crippen LogP contribution is 2.20. The van der Waals surface area contributed by atoms with Crippen molar-refractivity contribution < 1.29 is 9.53 Å². The number of hydrogen-bond donors (Lipinski definition) is 1. The molecule has 0 heterocycles. The Morgan fingerprint density at radius 3 is 2.64 bits per heavy atom. The topological polar surface area (TPSA) is 38.3 Å². The van der Waals surface area contributed by atoms with Gasteiger partial charge in [0.1, 0.15) is 12.4 Å². The number of ether oxygens (including phenoxy) is 1. The SMILES string of the molecule is Cc1cccc(OCCNC(=O)/C=C/c2ccccc2)c1C. The third-order valence-corrected chi connectivity index (χ3v) is 3.44. The molecular weight excluding hydrogens is 274 g/mol. The average molecular weight is 295 g/mol. The number of carbonyl (C=O) groups excluding carboxylic acids is 1. The van der Waals surface area contributed by atoms with E-state index < -0.39 is 0 Å². The molecule has 0 bridgehead atoms. The minimum absolute atomic E-state index is 0.117. The second-order valence-corrected chi connectivity index (χ2v) is 5.08. The normalized spacial score (nSPS) is 10.6. The Hall–Kier alpha value is -2.55. The molecule has 2 rings (SSSR count). The number of nitrogens with one attached hydrogen (secondary N) is 1. The fraction of sp³-hybridized carbons (Fsp3) is 0.211. The van der Waals surface area contributed by atoms with Crippen LogP contribution in [0.15, 0.2) is 54.6 Å². The van der Waals surface area contributed by atoms with Crippen molar-refractivity contribution in [1.29, 1.82) is 0 Å². The highest BCUT2D eigenvalue weighted by molar-refractivity contribution is 5.91. The molecule has 0 aliphatic rings. The van der Waals surface area contributed by atoms with Crippen molar-refractivity contribution in [3.8, 4) is 5.75 Å². The molecule has 0 radical (unpaired) electrons. The van der Waals surface area contributed by atoms with Crippen LogP contribution in [0.2, 0.25) is 0 Å². The van der Waals surface area contributed by atoms with Crippen LogP contribution in [-0.4, -0.2) is 19.1 Å². The maximum Gasteiger partial charge on any atom is 0.244 e. The van der Waals surface area contributed by atoms with Crippen molar-refractivity contribution in [3.05, 3.63) is 71.3 Å². The predicted molar refractivity (Wildman–Crippen MR) is 89.9 cm³/mol. The summed E-state index contributed by atoms with van der Waals surface area (Å²) in [6, 6.07) is 15.7. The van der Waals surface area contributed by atoms with Gasteiger partial charge in [0.05, 0.1) is 6.54 Å². The van der Waals surface area contributed by atoms with Gasteiger partial charge in [-0.15, -0.1) is 0 Å². The van der Waals surface area contributed by atoms with E-state index in [1.54, 1.807) is 6.08 Å². The van der Waals surface area contributed by atoms with Crippen LogP contribution < -0.4 is 10.1 Å². The van der Waals surface area contributed by atoms with Crippen LogP contribution in [0.3, 0.4) is 0 Å². The van der Waals surface area contributed by atoms with E-state index in [1.165, 1.54) is 11.6 Å². The molecule has 1 amide bonds. The van der Waals surface area contributed by atoms with E-state index in [9.17, 15) is 4.79 Å². The van der Waals surface area contributed by atoms with Gasteiger partial charge < -0.3 is 10.1 Å². The standard InChI is InChI=1S/C19H21NO2/c1-15-7-6-10-18(16(15)2)22-14-13-20-19(21)12-11-17-8-4-3-5-9-17/h3-12H,13-14H2,1-2H3,(H,20,21)/b12-11+. The van der Waals surface area contributed by atoms with E-state index in [2.05, 4.69) is 18.3 Å². The molecule has 114 valence electrons. The molecular formula is C19H21NO2. The van der Waals surface area contributed by atoms with Gasteiger partial charge in [-0.25, -0.2) is 0 Å². The molecule has 0 aliphatic carbocycles. The molecule has 0 saturated carbocycles. The van der Waals surface area contributed by atoms with E-state index in [4.69, 9.17) is 4.74 Å². The van der Waals surface area contributed by atoms with Crippen molar-refractivity contribution in [2.45, 2.75) is 13.8 Å². The van der Waals surface area contributed by atoms with Crippen molar-refractivity contribution in [2.75, 3.05) is 13.2 Å². The molecule has 0 saturated heterocycles. The Morgan fingerprint density at radius 2 is 1.86 bits per heavy atom. The Bertz CT molecular complexity index is 648. The highest BCUT2D eigenvalue weighted by atomic mass is 16.5. The first kappa shape index (κ1) is 15.8. The molecule has 2 aromatic rings. The molecule has 3 heteroatoms. The van der Waals surface area contributed by atoms with Crippen LogP contribution in [0, 0.1) is 13.8 Å². The first-order valence-corrected chi connectivity index (χ1v) is 7.37. The maximum absolute atomic E-state index is 11.7. The zero-order valence-electron chi connectivity index (χ0n) is 13.0. The molecule has 22 heavy (non-hydrogen) atoms. The monoisotopic (exact) mass is 295 g/mol. The van der Waals surface area contributed by atoms with Crippen molar-refractivity contribution in [3.63, 3.8) is 0 Å². The predicted octanol–water partition coefficient (Wildman–Crippen LogP) is 3.51. The van der Waals surface area contributed by atoms with Crippen LogP contribution in [0.4, 0.5) is 0 Å². The smallest absolute Gasteiger partial charge is 0.244 e. The minimum atomic E-state index is -0.117. The Morgan fingerprint density at radius 1 is 1.09 bits per heavy atom. The number of aryl methyl sites for hydroxylation is 1. The molecule has 0 atom stereocenters. The van der Waals surface area contributed by atoms with Crippen LogP contribution >= 0.6 is 0 Å². The number of carbonyl (C=O) groups is 1. The van der Waals surface area contributed by atoms with Crippen LogP contribution in [0.5, 0.6) is 5.75 Å². The minimum Gasteiger partial charge on any atom is -0.491 e. The fourth-order valence-electron chi connectivity index (χ4n) is 2.01. The Kier molecular flexibility index (Phi) is 5.78. The van der Waals surface area contributed by atoms with Crippen LogP contribution in [0.25, 0.3) is 6.08 Å². The summed E-state index contributed by atoms with van der Waals surface area (Å²) in [6.45, 7) is 5.02. The lowest BCUT2D eigenvalue weighted by Crippen LogP contribution is -2.26. The third kappa shape index (κ3) is 4.77. The summed E-state index contributed by atoms with van der Waals surface area (Å²) in [5.74, 6) is 0.752. The molecule has 0 spiro atoms. The van der Waals surface area contributed by atoms with Gasteiger partial charge in [-0.3, -0.25) is 4.79 Å². The summed E-state index contributed by atoms with van der Waals surface area (Å²) in [5.41, 5.74) is 3.34. The highest BCUT2D eigenvalue weighted by Gasteiger charge is 2.01. The largest absolute Gasteiger partial charge is 0.491 e. The Labute approximate surface area is 131 Å². The molecule has 2 aromatic carbocycles. The van der Waals surface area contributed by atoms with Gasteiger partial charge in [0.2, 0.25) is 5.91 Å². The Balaban J connectivity index is 1.73. The van der Waals surface area contributed by atoms with E-state index in [0.29, 0.717) is 13.2 Å². The van der Waals surface area contributed by atoms with E-state index in [-0.39, 0.29) is 5.91 Å². The number of rotatable bonds is 6. The van der Waals surface area contributed by atoms with Crippen molar-refractivity contribution in [1.82, 2.24) is 5.32 Å². The lowest BCUT2D eigenvalue weighted by Gasteiger charge is -2.10.